The van der Waals surface area contributed by atoms with Crippen LogP contribution in [0, 0.1) is 0 Å². The molecule has 234 valence electrons. The van der Waals surface area contributed by atoms with Gasteiger partial charge in [-0.2, -0.15) is 0 Å². The number of benzene rings is 4. The zero-order valence-corrected chi connectivity index (χ0v) is 27.4. The largest absolute Gasteiger partial charge is 0.463 e. The molecule has 0 amide bonds. The summed E-state index contributed by atoms with van der Waals surface area (Å²) in [4.78, 5) is 33.8. The Hall–Kier alpha value is -5.27. The lowest BCUT2D eigenvalue weighted by atomic mass is 9.91. The van der Waals surface area contributed by atoms with Crippen LogP contribution < -0.4 is 14.9 Å². The number of carbonyl (C=O) groups is 1. The number of esters is 1. The van der Waals surface area contributed by atoms with E-state index in [0.29, 0.717) is 33.1 Å². The quantitative estimate of drug-likeness (QED) is 0.168. The molecule has 6 aromatic rings. The highest BCUT2D eigenvalue weighted by molar-refractivity contribution is 7.07. The summed E-state index contributed by atoms with van der Waals surface area (Å²) in [6, 6.07) is 35.7. The van der Waals surface area contributed by atoms with Gasteiger partial charge in [0.15, 0.2) is 4.80 Å². The molecule has 1 unspecified atom stereocenters. The van der Waals surface area contributed by atoms with Crippen LogP contribution in [0.15, 0.2) is 131 Å². The Kier molecular flexibility index (Phi) is 8.31. The second kappa shape index (κ2) is 12.9. The Balaban J connectivity index is 1.45. The number of fused-ring (bicyclic) bond motifs is 2. The summed E-state index contributed by atoms with van der Waals surface area (Å²) in [5.74, 6) is -0.138. The number of ether oxygens (including phenoxy) is 1. The van der Waals surface area contributed by atoms with E-state index in [0.717, 1.165) is 27.6 Å². The Morgan fingerprint density at radius 3 is 2.30 bits per heavy atom. The lowest BCUT2D eigenvalue weighted by Gasteiger charge is -2.26. The minimum atomic E-state index is -0.705. The normalized spacial score (nSPS) is 14.8. The zero-order valence-electron chi connectivity index (χ0n) is 26.6. The molecule has 3 heterocycles. The highest BCUT2D eigenvalue weighted by Gasteiger charge is 2.35. The van der Waals surface area contributed by atoms with Gasteiger partial charge in [0.1, 0.15) is 0 Å². The van der Waals surface area contributed by atoms with Crippen molar-refractivity contribution in [3.63, 3.8) is 0 Å². The minimum absolute atomic E-state index is 0.194. The Morgan fingerprint density at radius 1 is 0.915 bits per heavy atom. The Bertz CT molecular complexity index is 2290. The van der Waals surface area contributed by atoms with Crippen molar-refractivity contribution in [3.05, 3.63) is 168 Å². The number of para-hydroxylation sites is 1. The van der Waals surface area contributed by atoms with E-state index in [4.69, 9.17) is 9.73 Å². The Labute approximate surface area is 277 Å². The Morgan fingerprint density at radius 2 is 1.60 bits per heavy atom. The summed E-state index contributed by atoms with van der Waals surface area (Å²) in [7, 11) is 0. The van der Waals surface area contributed by atoms with E-state index in [9.17, 15) is 9.59 Å². The second-order valence-electron chi connectivity index (χ2n) is 12.0. The number of rotatable bonds is 8. The maximum Gasteiger partial charge on any atom is 0.338 e. The molecule has 2 aromatic heterocycles. The first kappa shape index (κ1) is 30.4. The molecule has 0 radical (unpaired) electrons. The van der Waals surface area contributed by atoms with Crippen molar-refractivity contribution < 1.29 is 9.53 Å². The SMILES string of the molecule is CCOC(=O)C1=C(c2ccccc2)N=c2s/c(=C\c3cn(Cc4ccccc4)c4ccccc34)c(=O)n2C1c1ccc(C(C)C)cc1. The number of carbonyl (C=O) groups excluding carboxylic acids is 1. The third kappa shape index (κ3) is 5.79. The van der Waals surface area contributed by atoms with Crippen molar-refractivity contribution in [2.75, 3.05) is 6.61 Å². The first-order chi connectivity index (χ1) is 22.9. The van der Waals surface area contributed by atoms with Gasteiger partial charge in [-0.25, -0.2) is 9.79 Å². The summed E-state index contributed by atoms with van der Waals surface area (Å²) in [5.41, 5.74) is 6.72. The molecule has 0 bridgehead atoms. The van der Waals surface area contributed by atoms with Gasteiger partial charge in [-0.1, -0.05) is 128 Å². The highest BCUT2D eigenvalue weighted by Crippen LogP contribution is 2.35. The highest BCUT2D eigenvalue weighted by atomic mass is 32.1. The van der Waals surface area contributed by atoms with Crippen LogP contribution in [0.5, 0.6) is 0 Å². The molecular weight excluding hydrogens is 603 g/mol. The van der Waals surface area contributed by atoms with Crippen LogP contribution in [0.2, 0.25) is 0 Å². The zero-order chi connectivity index (χ0) is 32.5. The number of aromatic nitrogens is 2. The lowest BCUT2D eigenvalue weighted by Crippen LogP contribution is -2.40. The standard InChI is InChI=1S/C40H35N3O3S/c1-4-46-39(45)35-36(29-15-9-6-10-16-29)41-40-43(37(35)30-21-19-28(20-22-30)26(2)3)38(44)34(47-40)23-31-25-42(24-27-13-7-5-8-14-27)33-18-12-11-17-32(31)33/h5-23,25-26,37H,4,24H2,1-3H3/b34-23-. The lowest BCUT2D eigenvalue weighted by molar-refractivity contribution is -0.138. The van der Waals surface area contributed by atoms with E-state index in [2.05, 4.69) is 61.0 Å². The van der Waals surface area contributed by atoms with Crippen LogP contribution >= 0.6 is 11.3 Å². The third-order valence-electron chi connectivity index (χ3n) is 8.59. The first-order valence-corrected chi connectivity index (χ1v) is 16.7. The number of nitrogens with zero attached hydrogens (tertiary/aromatic N) is 3. The molecule has 7 heteroatoms. The van der Waals surface area contributed by atoms with Crippen LogP contribution in [0.4, 0.5) is 0 Å². The van der Waals surface area contributed by atoms with Crippen LogP contribution in [0.1, 0.15) is 60.5 Å². The molecule has 1 atom stereocenters. The van der Waals surface area contributed by atoms with Crippen molar-refractivity contribution in [3.8, 4) is 0 Å². The maximum atomic E-state index is 14.5. The monoisotopic (exact) mass is 637 g/mol. The second-order valence-corrected chi connectivity index (χ2v) is 13.0. The van der Waals surface area contributed by atoms with Crippen molar-refractivity contribution in [1.29, 1.82) is 0 Å². The average molecular weight is 638 g/mol. The van der Waals surface area contributed by atoms with Crippen molar-refractivity contribution in [2.45, 2.75) is 39.3 Å². The summed E-state index contributed by atoms with van der Waals surface area (Å²) >= 11 is 1.34. The van der Waals surface area contributed by atoms with Gasteiger partial charge in [-0.3, -0.25) is 9.36 Å². The average Bonchev–Trinajstić information content (AvgIpc) is 3.60. The predicted molar refractivity (Wildman–Crippen MR) is 189 cm³/mol. The summed E-state index contributed by atoms with van der Waals surface area (Å²) < 4.78 is 10.1. The third-order valence-corrected chi connectivity index (χ3v) is 9.58. The molecule has 0 saturated carbocycles. The van der Waals surface area contributed by atoms with Gasteiger partial charge in [0.05, 0.1) is 28.5 Å². The summed E-state index contributed by atoms with van der Waals surface area (Å²) in [5, 5.41) is 1.06. The van der Waals surface area contributed by atoms with E-state index in [1.54, 1.807) is 11.5 Å². The van der Waals surface area contributed by atoms with Gasteiger partial charge in [-0.15, -0.1) is 0 Å². The van der Waals surface area contributed by atoms with Gasteiger partial charge >= 0.3 is 5.97 Å². The molecule has 0 N–H and O–H groups in total. The van der Waals surface area contributed by atoms with Crippen LogP contribution in [-0.2, 0) is 16.1 Å². The molecular formula is C40H35N3O3S. The summed E-state index contributed by atoms with van der Waals surface area (Å²) in [6.07, 6.45) is 4.07. The van der Waals surface area contributed by atoms with Crippen molar-refractivity contribution in [1.82, 2.24) is 9.13 Å². The van der Waals surface area contributed by atoms with E-state index in [-0.39, 0.29) is 12.2 Å². The van der Waals surface area contributed by atoms with E-state index in [1.807, 2.05) is 78.9 Å². The van der Waals surface area contributed by atoms with Crippen molar-refractivity contribution in [2.24, 2.45) is 4.99 Å². The van der Waals surface area contributed by atoms with Gasteiger partial charge in [0.25, 0.3) is 5.56 Å². The number of hydrogen-bond donors (Lipinski definition) is 0. The van der Waals surface area contributed by atoms with E-state index < -0.39 is 12.0 Å². The molecule has 1 aliphatic rings. The molecule has 0 saturated heterocycles. The molecule has 1 aliphatic heterocycles. The van der Waals surface area contributed by atoms with Crippen LogP contribution in [0.25, 0.3) is 22.7 Å². The van der Waals surface area contributed by atoms with E-state index in [1.165, 1.54) is 22.5 Å². The molecule has 7 rings (SSSR count). The van der Waals surface area contributed by atoms with Crippen LogP contribution in [0.3, 0.4) is 0 Å². The molecule has 47 heavy (non-hydrogen) atoms. The maximum absolute atomic E-state index is 14.5. The van der Waals surface area contributed by atoms with E-state index >= 15 is 0 Å². The fourth-order valence-corrected chi connectivity index (χ4v) is 7.25. The molecule has 6 nitrogen and oxygen atoms in total. The van der Waals surface area contributed by atoms with Gasteiger partial charge in [0.2, 0.25) is 0 Å². The first-order valence-electron chi connectivity index (χ1n) is 15.9. The summed E-state index contributed by atoms with van der Waals surface area (Å²) in [6.45, 7) is 7.00. The molecule has 0 aliphatic carbocycles. The molecule has 4 aromatic carbocycles. The topological polar surface area (TPSA) is 65.6 Å². The minimum Gasteiger partial charge on any atom is -0.463 e. The fraction of sp³-hybridized carbons (Fsp3) is 0.175. The van der Waals surface area contributed by atoms with Gasteiger partial charge < -0.3 is 9.30 Å². The fourth-order valence-electron chi connectivity index (χ4n) is 6.26. The van der Waals surface area contributed by atoms with Crippen LogP contribution in [-0.4, -0.2) is 21.7 Å². The predicted octanol–water partition coefficient (Wildman–Crippen LogP) is 7.06. The van der Waals surface area contributed by atoms with Gasteiger partial charge in [-0.05, 0) is 41.7 Å². The number of thiazole rings is 1. The number of hydrogen-bond acceptors (Lipinski definition) is 5. The smallest absolute Gasteiger partial charge is 0.338 e. The molecule has 0 spiro atoms. The van der Waals surface area contributed by atoms with Gasteiger partial charge in [0, 0.05) is 34.8 Å². The van der Waals surface area contributed by atoms with Crippen molar-refractivity contribution >= 4 is 40.0 Å². The molecule has 0 fully saturated rings.